The van der Waals surface area contributed by atoms with Gasteiger partial charge in [0.15, 0.2) is 11.5 Å². The summed E-state index contributed by atoms with van der Waals surface area (Å²) in [5.74, 6) is 0.274. The van der Waals surface area contributed by atoms with E-state index in [-0.39, 0.29) is 23.8 Å². The summed E-state index contributed by atoms with van der Waals surface area (Å²) >= 11 is 0. The zero-order valence-electron chi connectivity index (χ0n) is 18.6. The second-order valence-electron chi connectivity index (χ2n) is 9.15. The average molecular weight is 416 g/mol. The number of hydrogen-bond donors (Lipinski definition) is 1. The van der Waals surface area contributed by atoms with Crippen molar-refractivity contribution in [2.24, 2.45) is 11.8 Å². The number of carbonyl (C=O) groups excluding carboxylic acids is 2. The molecule has 0 radical (unpaired) electrons. The highest BCUT2D eigenvalue weighted by Gasteiger charge is 2.27. The monoisotopic (exact) mass is 415 g/mol. The molecular formula is C25H37NO4. The average Bonchev–Trinajstić information content (AvgIpc) is 2.76. The normalized spacial score (nSPS) is 18.4. The zero-order chi connectivity index (χ0) is 21.3. The Bertz CT molecular complexity index is 703. The smallest absolute Gasteiger partial charge is 0.314 e. The van der Waals surface area contributed by atoms with Crippen molar-refractivity contribution in [2.75, 3.05) is 6.54 Å². The standard InChI is InChI=1S/C25H37NO4/c1-18(2)26-16-15-19-13-14-22(29-24(27)20-9-5-3-6-10-20)23(17-19)30-25(28)21-11-7-4-8-12-21/h13-14,17-18,20-21,26H,3-12,15-16H2,1-2H3. The third kappa shape index (κ3) is 6.83. The van der Waals surface area contributed by atoms with Crippen LogP contribution in [0, 0.1) is 11.8 Å². The van der Waals surface area contributed by atoms with Crippen LogP contribution in [0.3, 0.4) is 0 Å². The number of hydrogen-bond acceptors (Lipinski definition) is 5. The lowest BCUT2D eigenvalue weighted by atomic mass is 9.89. The minimum absolute atomic E-state index is 0.0458. The van der Waals surface area contributed by atoms with Crippen LogP contribution in [0.1, 0.15) is 83.6 Å². The molecule has 0 amide bonds. The van der Waals surface area contributed by atoms with Crippen molar-refractivity contribution < 1.29 is 19.1 Å². The van der Waals surface area contributed by atoms with E-state index in [1.165, 1.54) is 12.8 Å². The molecule has 3 rings (SSSR count). The van der Waals surface area contributed by atoms with Gasteiger partial charge in [0.1, 0.15) is 0 Å². The summed E-state index contributed by atoms with van der Waals surface area (Å²) in [5.41, 5.74) is 1.06. The van der Waals surface area contributed by atoms with Crippen LogP contribution in [-0.4, -0.2) is 24.5 Å². The molecule has 30 heavy (non-hydrogen) atoms. The van der Waals surface area contributed by atoms with E-state index in [2.05, 4.69) is 19.2 Å². The summed E-state index contributed by atoms with van der Waals surface area (Å²) < 4.78 is 11.5. The minimum Gasteiger partial charge on any atom is -0.422 e. The van der Waals surface area contributed by atoms with Crippen LogP contribution in [0.15, 0.2) is 18.2 Å². The molecule has 2 aliphatic carbocycles. The first kappa shape index (κ1) is 22.8. The molecule has 2 fully saturated rings. The Hall–Kier alpha value is -1.88. The van der Waals surface area contributed by atoms with E-state index >= 15 is 0 Å². The lowest BCUT2D eigenvalue weighted by Gasteiger charge is -2.22. The summed E-state index contributed by atoms with van der Waals surface area (Å²) in [5, 5.41) is 3.40. The van der Waals surface area contributed by atoms with E-state index in [9.17, 15) is 9.59 Å². The second-order valence-corrected chi connectivity index (χ2v) is 9.15. The van der Waals surface area contributed by atoms with Gasteiger partial charge in [0.2, 0.25) is 0 Å². The van der Waals surface area contributed by atoms with Gasteiger partial charge in [-0.1, -0.05) is 58.4 Å². The van der Waals surface area contributed by atoms with Gasteiger partial charge in [-0.25, -0.2) is 0 Å². The first-order valence-electron chi connectivity index (χ1n) is 11.8. The predicted molar refractivity (Wildman–Crippen MR) is 118 cm³/mol. The van der Waals surface area contributed by atoms with Gasteiger partial charge >= 0.3 is 11.9 Å². The maximum absolute atomic E-state index is 12.7. The van der Waals surface area contributed by atoms with Gasteiger partial charge < -0.3 is 14.8 Å². The number of nitrogens with one attached hydrogen (secondary N) is 1. The summed E-state index contributed by atoms with van der Waals surface area (Å²) in [4.78, 5) is 25.4. The lowest BCUT2D eigenvalue weighted by Crippen LogP contribution is -2.26. The second kappa shape index (κ2) is 11.5. The molecule has 0 aliphatic heterocycles. The van der Waals surface area contributed by atoms with E-state index in [1.54, 1.807) is 6.07 Å². The Kier molecular flexibility index (Phi) is 8.74. The molecule has 1 aromatic carbocycles. The van der Waals surface area contributed by atoms with E-state index in [1.807, 2.05) is 12.1 Å². The van der Waals surface area contributed by atoms with Gasteiger partial charge in [-0.2, -0.15) is 0 Å². The first-order chi connectivity index (χ1) is 14.5. The van der Waals surface area contributed by atoms with Crippen LogP contribution in [0.5, 0.6) is 11.5 Å². The number of esters is 2. The minimum atomic E-state index is -0.195. The molecule has 0 saturated heterocycles. The summed E-state index contributed by atoms with van der Waals surface area (Å²) in [6.07, 6.45) is 11.0. The molecule has 0 unspecified atom stereocenters. The largest absolute Gasteiger partial charge is 0.422 e. The molecule has 5 nitrogen and oxygen atoms in total. The predicted octanol–water partition coefficient (Wildman–Crippen LogP) is 5.20. The molecule has 0 spiro atoms. The van der Waals surface area contributed by atoms with Crippen LogP contribution in [0.2, 0.25) is 0 Å². The van der Waals surface area contributed by atoms with Crippen LogP contribution in [0.4, 0.5) is 0 Å². The number of rotatable bonds is 8. The molecule has 2 aliphatic rings. The van der Waals surface area contributed by atoms with Crippen LogP contribution >= 0.6 is 0 Å². The van der Waals surface area contributed by atoms with Crippen molar-refractivity contribution in [2.45, 2.75) is 90.5 Å². The number of ether oxygens (including phenoxy) is 2. The number of carbonyl (C=O) groups is 2. The zero-order valence-corrected chi connectivity index (χ0v) is 18.6. The highest BCUT2D eigenvalue weighted by molar-refractivity contribution is 5.78. The third-order valence-corrected chi connectivity index (χ3v) is 6.27. The highest BCUT2D eigenvalue weighted by atomic mass is 16.6. The Labute approximate surface area is 180 Å². The molecule has 2 saturated carbocycles. The molecule has 0 bridgehead atoms. The molecule has 0 atom stereocenters. The first-order valence-corrected chi connectivity index (χ1v) is 11.8. The fourth-order valence-electron chi connectivity index (χ4n) is 4.44. The molecule has 1 aromatic rings. The van der Waals surface area contributed by atoms with Crippen molar-refractivity contribution in [1.82, 2.24) is 5.32 Å². The molecular weight excluding hydrogens is 378 g/mol. The van der Waals surface area contributed by atoms with Crippen molar-refractivity contribution in [3.63, 3.8) is 0 Å². The van der Waals surface area contributed by atoms with Crippen molar-refractivity contribution in [3.05, 3.63) is 23.8 Å². The van der Waals surface area contributed by atoms with Crippen LogP contribution in [0.25, 0.3) is 0 Å². The SMILES string of the molecule is CC(C)NCCc1ccc(OC(=O)C2CCCCC2)c(OC(=O)C2CCCCC2)c1. The van der Waals surface area contributed by atoms with E-state index in [0.29, 0.717) is 17.5 Å². The van der Waals surface area contributed by atoms with E-state index in [4.69, 9.17) is 9.47 Å². The maximum Gasteiger partial charge on any atom is 0.314 e. The quantitative estimate of drug-likeness (QED) is 0.467. The van der Waals surface area contributed by atoms with E-state index < -0.39 is 0 Å². The number of benzene rings is 1. The van der Waals surface area contributed by atoms with Crippen molar-refractivity contribution >= 4 is 11.9 Å². The van der Waals surface area contributed by atoms with Crippen LogP contribution in [-0.2, 0) is 16.0 Å². The molecule has 1 N–H and O–H groups in total. The molecule has 166 valence electrons. The molecule has 0 aromatic heterocycles. The van der Waals surface area contributed by atoms with E-state index in [0.717, 1.165) is 69.9 Å². The lowest BCUT2D eigenvalue weighted by molar-refractivity contribution is -0.142. The van der Waals surface area contributed by atoms with Gasteiger partial charge in [0.05, 0.1) is 11.8 Å². The Morgan fingerprint density at radius 1 is 0.867 bits per heavy atom. The Morgan fingerprint density at radius 2 is 1.40 bits per heavy atom. The van der Waals surface area contributed by atoms with Gasteiger partial charge in [-0.05, 0) is 56.3 Å². The Balaban J connectivity index is 1.71. The van der Waals surface area contributed by atoms with Crippen LogP contribution < -0.4 is 14.8 Å². The van der Waals surface area contributed by atoms with Crippen molar-refractivity contribution in [3.8, 4) is 11.5 Å². The van der Waals surface area contributed by atoms with Gasteiger partial charge in [0.25, 0.3) is 0 Å². The fraction of sp³-hybridized carbons (Fsp3) is 0.680. The fourth-order valence-corrected chi connectivity index (χ4v) is 4.44. The van der Waals surface area contributed by atoms with Gasteiger partial charge in [-0.15, -0.1) is 0 Å². The Morgan fingerprint density at radius 3 is 1.93 bits per heavy atom. The summed E-state index contributed by atoms with van der Waals surface area (Å²) in [7, 11) is 0. The van der Waals surface area contributed by atoms with Crippen molar-refractivity contribution in [1.29, 1.82) is 0 Å². The maximum atomic E-state index is 12.7. The molecule has 5 heteroatoms. The third-order valence-electron chi connectivity index (χ3n) is 6.27. The van der Waals surface area contributed by atoms with Gasteiger partial charge in [-0.3, -0.25) is 9.59 Å². The summed E-state index contributed by atoms with van der Waals surface area (Å²) in [6.45, 7) is 5.07. The molecule has 0 heterocycles. The topological polar surface area (TPSA) is 64.6 Å². The van der Waals surface area contributed by atoms with Gasteiger partial charge in [0, 0.05) is 6.04 Å². The highest BCUT2D eigenvalue weighted by Crippen LogP contribution is 2.33. The summed E-state index contributed by atoms with van der Waals surface area (Å²) in [6, 6.07) is 6.04.